The maximum Gasteiger partial charge on any atom is 0.331 e. The molecule has 0 atom stereocenters. The molecule has 0 aromatic rings. The van der Waals surface area contributed by atoms with Gasteiger partial charge in [-0.05, 0) is 13.8 Å². The molecule has 0 bridgehead atoms. The van der Waals surface area contributed by atoms with Crippen molar-refractivity contribution in [1.29, 1.82) is 0 Å². The molecule has 4 heteroatoms. The van der Waals surface area contributed by atoms with Crippen molar-refractivity contribution in [3.05, 3.63) is 0 Å². The summed E-state index contributed by atoms with van der Waals surface area (Å²) in [5.74, 6) is -0.337. The van der Waals surface area contributed by atoms with Gasteiger partial charge in [0.2, 0.25) is 5.91 Å². The summed E-state index contributed by atoms with van der Waals surface area (Å²) in [6.07, 6.45) is 0. The SMILES string of the molecule is CC(C)(C)C(=O)N1CCOC(=O)C1(C)C. The Morgan fingerprint density at radius 2 is 1.93 bits per heavy atom. The number of nitrogens with zero attached hydrogens (tertiary/aromatic N) is 1. The summed E-state index contributed by atoms with van der Waals surface area (Å²) in [6.45, 7) is 9.78. The third-order valence-corrected chi connectivity index (χ3v) is 2.61. The lowest BCUT2D eigenvalue weighted by atomic mass is 9.90. The smallest absolute Gasteiger partial charge is 0.331 e. The van der Waals surface area contributed by atoms with E-state index in [9.17, 15) is 9.59 Å². The molecule has 0 spiro atoms. The molecule has 1 aliphatic heterocycles. The van der Waals surface area contributed by atoms with Crippen molar-refractivity contribution in [1.82, 2.24) is 4.90 Å². The van der Waals surface area contributed by atoms with Gasteiger partial charge in [0.05, 0.1) is 6.54 Å². The largest absolute Gasteiger partial charge is 0.462 e. The normalized spacial score (nSPS) is 21.1. The van der Waals surface area contributed by atoms with Gasteiger partial charge < -0.3 is 9.64 Å². The fourth-order valence-corrected chi connectivity index (χ4v) is 1.56. The molecule has 0 unspecified atom stereocenters. The Kier molecular flexibility index (Phi) is 2.81. The van der Waals surface area contributed by atoms with Crippen molar-refractivity contribution in [3.63, 3.8) is 0 Å². The highest BCUT2D eigenvalue weighted by Gasteiger charge is 2.44. The Hall–Kier alpha value is -1.06. The van der Waals surface area contributed by atoms with Gasteiger partial charge >= 0.3 is 5.97 Å². The van der Waals surface area contributed by atoms with Crippen LogP contribution in [0.1, 0.15) is 34.6 Å². The minimum absolute atomic E-state index is 0.0100. The van der Waals surface area contributed by atoms with Crippen LogP contribution in [0.5, 0.6) is 0 Å². The predicted molar refractivity (Wildman–Crippen MR) is 56.2 cm³/mol. The maximum atomic E-state index is 12.1. The average molecular weight is 213 g/mol. The van der Waals surface area contributed by atoms with E-state index in [1.807, 2.05) is 20.8 Å². The number of amides is 1. The van der Waals surface area contributed by atoms with E-state index in [4.69, 9.17) is 4.74 Å². The molecule has 1 rings (SSSR count). The van der Waals surface area contributed by atoms with Crippen molar-refractivity contribution in [2.75, 3.05) is 13.2 Å². The molecule has 1 amide bonds. The summed E-state index contributed by atoms with van der Waals surface area (Å²) in [6, 6.07) is 0. The summed E-state index contributed by atoms with van der Waals surface area (Å²) in [4.78, 5) is 25.3. The molecule has 0 saturated carbocycles. The highest BCUT2D eigenvalue weighted by molar-refractivity contribution is 5.90. The van der Waals surface area contributed by atoms with Gasteiger partial charge in [-0.25, -0.2) is 4.79 Å². The number of cyclic esters (lactones) is 1. The van der Waals surface area contributed by atoms with E-state index in [2.05, 4.69) is 0 Å². The van der Waals surface area contributed by atoms with Crippen molar-refractivity contribution in [2.24, 2.45) is 5.41 Å². The lowest BCUT2D eigenvalue weighted by Crippen LogP contribution is -2.60. The Labute approximate surface area is 90.6 Å². The summed E-state index contributed by atoms with van der Waals surface area (Å²) >= 11 is 0. The average Bonchev–Trinajstić information content (AvgIpc) is 2.07. The van der Waals surface area contributed by atoms with Crippen LogP contribution >= 0.6 is 0 Å². The second kappa shape index (κ2) is 3.51. The standard InChI is InChI=1S/C11H19NO3/c1-10(2,3)8(13)12-6-7-15-9(14)11(12,4)5/h6-7H2,1-5H3. The summed E-state index contributed by atoms with van der Waals surface area (Å²) in [5.41, 5.74) is -1.31. The van der Waals surface area contributed by atoms with Gasteiger partial charge in [0.1, 0.15) is 12.1 Å². The molecule has 1 heterocycles. The molecule has 0 aromatic carbocycles. The van der Waals surface area contributed by atoms with Crippen LogP contribution in [0.15, 0.2) is 0 Å². The highest BCUT2D eigenvalue weighted by atomic mass is 16.5. The van der Waals surface area contributed by atoms with Gasteiger partial charge in [0.15, 0.2) is 0 Å². The summed E-state index contributed by atoms with van der Waals surface area (Å²) in [5, 5.41) is 0. The second-order valence-electron chi connectivity index (χ2n) is 5.40. The summed E-state index contributed by atoms with van der Waals surface area (Å²) in [7, 11) is 0. The molecule has 86 valence electrons. The van der Waals surface area contributed by atoms with Crippen LogP contribution in [0.3, 0.4) is 0 Å². The minimum Gasteiger partial charge on any atom is -0.462 e. The van der Waals surface area contributed by atoms with Gasteiger partial charge in [-0.1, -0.05) is 20.8 Å². The van der Waals surface area contributed by atoms with Crippen molar-refractivity contribution < 1.29 is 14.3 Å². The number of rotatable bonds is 0. The van der Waals surface area contributed by atoms with E-state index < -0.39 is 11.0 Å². The molecular formula is C11H19NO3. The Morgan fingerprint density at radius 3 is 2.40 bits per heavy atom. The quantitative estimate of drug-likeness (QED) is 0.568. The molecule has 15 heavy (non-hydrogen) atoms. The summed E-state index contributed by atoms with van der Waals surface area (Å²) < 4.78 is 4.95. The van der Waals surface area contributed by atoms with Gasteiger partial charge in [0.25, 0.3) is 0 Å². The van der Waals surface area contributed by atoms with Gasteiger partial charge in [-0.2, -0.15) is 0 Å². The van der Waals surface area contributed by atoms with Crippen LogP contribution in [-0.2, 0) is 14.3 Å². The maximum absolute atomic E-state index is 12.1. The van der Waals surface area contributed by atoms with Crippen molar-refractivity contribution >= 4 is 11.9 Å². The number of carbonyl (C=O) groups excluding carboxylic acids is 2. The van der Waals surface area contributed by atoms with E-state index >= 15 is 0 Å². The fraction of sp³-hybridized carbons (Fsp3) is 0.818. The monoisotopic (exact) mass is 213 g/mol. The zero-order valence-electron chi connectivity index (χ0n) is 10.1. The third-order valence-electron chi connectivity index (χ3n) is 2.61. The van der Waals surface area contributed by atoms with Gasteiger partial charge in [-0.3, -0.25) is 4.79 Å². The Bertz CT molecular complexity index is 289. The number of hydrogen-bond acceptors (Lipinski definition) is 3. The van der Waals surface area contributed by atoms with Crippen molar-refractivity contribution in [3.8, 4) is 0 Å². The third kappa shape index (κ3) is 2.13. The molecule has 0 radical (unpaired) electrons. The molecule has 0 N–H and O–H groups in total. The Morgan fingerprint density at radius 1 is 1.40 bits per heavy atom. The van der Waals surface area contributed by atoms with Crippen molar-refractivity contribution in [2.45, 2.75) is 40.2 Å². The number of morpholine rings is 1. The lowest BCUT2D eigenvalue weighted by Gasteiger charge is -2.42. The first kappa shape index (κ1) is 12.0. The minimum atomic E-state index is -0.845. The lowest BCUT2D eigenvalue weighted by molar-refractivity contribution is -0.175. The zero-order valence-corrected chi connectivity index (χ0v) is 10.1. The Balaban J connectivity index is 2.95. The molecule has 0 aliphatic carbocycles. The topological polar surface area (TPSA) is 46.6 Å². The first-order valence-electron chi connectivity index (χ1n) is 5.16. The van der Waals surface area contributed by atoms with Crippen LogP contribution in [0.25, 0.3) is 0 Å². The van der Waals surface area contributed by atoms with Crippen LogP contribution in [0.2, 0.25) is 0 Å². The van der Waals surface area contributed by atoms with E-state index in [0.717, 1.165) is 0 Å². The zero-order chi connectivity index (χ0) is 11.9. The van der Waals surface area contributed by atoms with Crippen LogP contribution in [0.4, 0.5) is 0 Å². The molecule has 1 saturated heterocycles. The number of carbonyl (C=O) groups is 2. The van der Waals surface area contributed by atoms with E-state index in [-0.39, 0.29) is 11.9 Å². The molecular weight excluding hydrogens is 194 g/mol. The van der Waals surface area contributed by atoms with E-state index in [1.165, 1.54) is 0 Å². The molecule has 1 aliphatic rings. The first-order chi connectivity index (χ1) is 6.67. The second-order valence-corrected chi connectivity index (χ2v) is 5.40. The predicted octanol–water partition coefficient (Wildman–Crippen LogP) is 1.20. The van der Waals surface area contributed by atoms with Crippen LogP contribution in [0, 0.1) is 5.41 Å². The number of hydrogen-bond donors (Lipinski definition) is 0. The molecule has 1 fully saturated rings. The van der Waals surface area contributed by atoms with Crippen LogP contribution in [-0.4, -0.2) is 35.5 Å². The van der Waals surface area contributed by atoms with Gasteiger partial charge in [-0.15, -0.1) is 0 Å². The van der Waals surface area contributed by atoms with E-state index in [1.54, 1.807) is 18.7 Å². The van der Waals surface area contributed by atoms with Gasteiger partial charge in [0, 0.05) is 5.41 Å². The highest BCUT2D eigenvalue weighted by Crippen LogP contribution is 2.27. The van der Waals surface area contributed by atoms with E-state index in [0.29, 0.717) is 13.2 Å². The fourth-order valence-electron chi connectivity index (χ4n) is 1.56. The van der Waals surface area contributed by atoms with Crippen LogP contribution < -0.4 is 0 Å². The molecule has 4 nitrogen and oxygen atoms in total. The number of ether oxygens (including phenoxy) is 1. The first-order valence-corrected chi connectivity index (χ1v) is 5.16. The number of esters is 1. The molecule has 0 aromatic heterocycles.